The van der Waals surface area contributed by atoms with Crippen molar-refractivity contribution in [2.24, 2.45) is 5.92 Å². The number of ether oxygens (including phenoxy) is 1. The summed E-state index contributed by atoms with van der Waals surface area (Å²) >= 11 is 0. The predicted octanol–water partition coefficient (Wildman–Crippen LogP) is 2.11. The minimum absolute atomic E-state index is 0.0954. The van der Waals surface area contributed by atoms with Crippen LogP contribution >= 0.6 is 0 Å². The van der Waals surface area contributed by atoms with Gasteiger partial charge in [0.25, 0.3) is 0 Å². The minimum Gasteiger partial charge on any atom is -0.492 e. The molecule has 0 spiro atoms. The summed E-state index contributed by atoms with van der Waals surface area (Å²) in [6.07, 6.45) is 4.75. The molecule has 2 aliphatic rings. The van der Waals surface area contributed by atoms with Crippen LogP contribution in [-0.2, 0) is 9.59 Å². The van der Waals surface area contributed by atoms with E-state index < -0.39 is 0 Å². The number of hydrogen-bond donors (Lipinski definition) is 1. The lowest BCUT2D eigenvalue weighted by Crippen LogP contribution is -2.37. The molecule has 130 valence electrons. The van der Waals surface area contributed by atoms with Gasteiger partial charge < -0.3 is 15.0 Å². The molecule has 1 aromatic rings. The summed E-state index contributed by atoms with van der Waals surface area (Å²) in [7, 11) is 0. The van der Waals surface area contributed by atoms with Crippen molar-refractivity contribution in [2.75, 3.05) is 19.7 Å². The molecule has 1 N–H and O–H groups in total. The molecule has 1 unspecified atom stereocenters. The highest BCUT2D eigenvalue weighted by Gasteiger charge is 2.38. The van der Waals surface area contributed by atoms with Crippen molar-refractivity contribution in [1.82, 2.24) is 10.2 Å². The number of amides is 2. The van der Waals surface area contributed by atoms with E-state index in [1.807, 2.05) is 4.90 Å². The highest BCUT2D eigenvalue weighted by molar-refractivity contribution is 5.89. The molecule has 3 rings (SSSR count). The largest absolute Gasteiger partial charge is 0.492 e. The quantitative estimate of drug-likeness (QED) is 0.811. The molecule has 0 bridgehead atoms. The molecular weight excluding hydrogens is 311 g/mol. The van der Waals surface area contributed by atoms with Gasteiger partial charge in [0, 0.05) is 25.1 Å². The number of likely N-dealkylation sites (tertiary alicyclic amines) is 1. The molecule has 2 amide bonds. The number of benzene rings is 1. The molecular formula is C18H23FN2O3. The lowest BCUT2D eigenvalue weighted by atomic mass is 10.1. The molecule has 24 heavy (non-hydrogen) atoms. The van der Waals surface area contributed by atoms with Gasteiger partial charge in [-0.25, -0.2) is 4.39 Å². The molecule has 1 aliphatic carbocycles. The van der Waals surface area contributed by atoms with E-state index in [2.05, 4.69) is 5.32 Å². The summed E-state index contributed by atoms with van der Waals surface area (Å²) in [6, 6.07) is 6.22. The maximum Gasteiger partial charge on any atom is 0.225 e. The first-order valence-electron chi connectivity index (χ1n) is 8.59. The van der Waals surface area contributed by atoms with Gasteiger partial charge in [0.2, 0.25) is 11.8 Å². The minimum atomic E-state index is -0.354. The Kier molecular flexibility index (Phi) is 5.33. The van der Waals surface area contributed by atoms with Gasteiger partial charge in [-0.05, 0) is 25.0 Å². The predicted molar refractivity (Wildman–Crippen MR) is 87.0 cm³/mol. The molecule has 1 saturated carbocycles. The zero-order valence-electron chi connectivity index (χ0n) is 13.7. The first-order chi connectivity index (χ1) is 11.6. The van der Waals surface area contributed by atoms with Gasteiger partial charge in [-0.1, -0.05) is 18.9 Å². The van der Waals surface area contributed by atoms with Gasteiger partial charge >= 0.3 is 0 Å². The van der Waals surface area contributed by atoms with Crippen molar-refractivity contribution in [2.45, 2.75) is 38.1 Å². The van der Waals surface area contributed by atoms with Gasteiger partial charge in [0.15, 0.2) is 0 Å². The summed E-state index contributed by atoms with van der Waals surface area (Å²) in [5.41, 5.74) is 0. The van der Waals surface area contributed by atoms with Crippen LogP contribution in [0.25, 0.3) is 0 Å². The fraction of sp³-hybridized carbons (Fsp3) is 0.556. The molecule has 1 aliphatic heterocycles. The molecule has 1 atom stereocenters. The highest BCUT2D eigenvalue weighted by Crippen LogP contribution is 2.29. The average Bonchev–Trinajstić information content (AvgIpc) is 3.20. The van der Waals surface area contributed by atoms with Crippen molar-refractivity contribution in [3.8, 4) is 5.75 Å². The number of carbonyl (C=O) groups is 2. The standard InChI is InChI=1S/C18H23FN2O3/c19-14-4-3-7-16(11-14)24-9-8-20-18(23)13-10-17(22)21(12-13)15-5-1-2-6-15/h3-4,7,11,13,15H,1-2,5-6,8-10,12H2,(H,20,23). The smallest absolute Gasteiger partial charge is 0.225 e. The molecule has 1 heterocycles. The van der Waals surface area contributed by atoms with Crippen molar-refractivity contribution in [1.29, 1.82) is 0 Å². The number of nitrogens with zero attached hydrogens (tertiary/aromatic N) is 1. The van der Waals surface area contributed by atoms with Crippen LogP contribution in [0.4, 0.5) is 4.39 Å². The van der Waals surface area contributed by atoms with E-state index in [9.17, 15) is 14.0 Å². The number of carbonyl (C=O) groups excluding carboxylic acids is 2. The Bertz CT molecular complexity index is 602. The van der Waals surface area contributed by atoms with E-state index >= 15 is 0 Å². The topological polar surface area (TPSA) is 58.6 Å². The van der Waals surface area contributed by atoms with Crippen molar-refractivity contribution in [3.63, 3.8) is 0 Å². The second kappa shape index (κ2) is 7.64. The van der Waals surface area contributed by atoms with Crippen LogP contribution in [0.3, 0.4) is 0 Å². The van der Waals surface area contributed by atoms with E-state index in [0.717, 1.165) is 12.8 Å². The monoisotopic (exact) mass is 334 g/mol. The van der Waals surface area contributed by atoms with Crippen molar-refractivity contribution >= 4 is 11.8 Å². The zero-order valence-corrected chi connectivity index (χ0v) is 13.7. The van der Waals surface area contributed by atoms with Crippen LogP contribution < -0.4 is 10.1 Å². The number of hydrogen-bond acceptors (Lipinski definition) is 3. The number of nitrogens with one attached hydrogen (secondary N) is 1. The molecule has 1 saturated heterocycles. The first-order valence-corrected chi connectivity index (χ1v) is 8.59. The lowest BCUT2D eigenvalue weighted by molar-refractivity contribution is -0.130. The van der Waals surface area contributed by atoms with Crippen molar-refractivity contribution in [3.05, 3.63) is 30.1 Å². The molecule has 5 nitrogen and oxygen atoms in total. The van der Waals surface area contributed by atoms with E-state index in [-0.39, 0.29) is 30.2 Å². The van der Waals surface area contributed by atoms with Gasteiger partial charge in [-0.15, -0.1) is 0 Å². The number of rotatable bonds is 6. The lowest BCUT2D eigenvalue weighted by Gasteiger charge is -2.23. The molecule has 0 aromatic heterocycles. The Morgan fingerprint density at radius 2 is 2.12 bits per heavy atom. The highest BCUT2D eigenvalue weighted by atomic mass is 19.1. The van der Waals surface area contributed by atoms with E-state index in [1.165, 1.54) is 25.0 Å². The maximum atomic E-state index is 13.0. The molecule has 6 heteroatoms. The summed E-state index contributed by atoms with van der Waals surface area (Å²) in [5.74, 6) is -0.197. The normalized spacial score (nSPS) is 21.3. The van der Waals surface area contributed by atoms with E-state index in [4.69, 9.17) is 4.74 Å². The third kappa shape index (κ3) is 4.04. The Hall–Kier alpha value is -2.11. The second-order valence-corrected chi connectivity index (χ2v) is 6.48. The fourth-order valence-electron chi connectivity index (χ4n) is 3.52. The van der Waals surface area contributed by atoms with Gasteiger partial charge in [0.1, 0.15) is 18.2 Å². The molecule has 0 radical (unpaired) electrons. The van der Waals surface area contributed by atoms with Crippen LogP contribution in [0.1, 0.15) is 32.1 Å². The second-order valence-electron chi connectivity index (χ2n) is 6.48. The van der Waals surface area contributed by atoms with E-state index in [1.54, 1.807) is 12.1 Å². The van der Waals surface area contributed by atoms with Crippen LogP contribution in [0, 0.1) is 11.7 Å². The van der Waals surface area contributed by atoms with Gasteiger partial charge in [-0.3, -0.25) is 9.59 Å². The Morgan fingerprint density at radius 1 is 1.33 bits per heavy atom. The summed E-state index contributed by atoms with van der Waals surface area (Å²) < 4.78 is 18.4. The Labute approximate surface area is 141 Å². The first kappa shape index (κ1) is 16.7. The summed E-state index contributed by atoms with van der Waals surface area (Å²) in [5, 5.41) is 2.80. The third-order valence-electron chi connectivity index (χ3n) is 4.76. The summed E-state index contributed by atoms with van der Waals surface area (Å²) in [6.45, 7) is 1.13. The Balaban J connectivity index is 1.40. The summed E-state index contributed by atoms with van der Waals surface area (Å²) in [4.78, 5) is 26.2. The molecule has 1 aromatic carbocycles. The van der Waals surface area contributed by atoms with Gasteiger partial charge in [0.05, 0.1) is 12.5 Å². The fourth-order valence-corrected chi connectivity index (χ4v) is 3.52. The SMILES string of the molecule is O=C(NCCOc1cccc(F)c1)C1CC(=O)N(C2CCCC2)C1. The molecule has 2 fully saturated rings. The third-order valence-corrected chi connectivity index (χ3v) is 4.76. The van der Waals surface area contributed by atoms with E-state index in [0.29, 0.717) is 31.3 Å². The van der Waals surface area contributed by atoms with Gasteiger partial charge in [-0.2, -0.15) is 0 Å². The average molecular weight is 334 g/mol. The van der Waals surface area contributed by atoms with Crippen LogP contribution in [0.2, 0.25) is 0 Å². The van der Waals surface area contributed by atoms with Crippen LogP contribution in [0.15, 0.2) is 24.3 Å². The maximum absolute atomic E-state index is 13.0. The number of halogens is 1. The van der Waals surface area contributed by atoms with Crippen molar-refractivity contribution < 1.29 is 18.7 Å². The Morgan fingerprint density at radius 3 is 2.88 bits per heavy atom. The van der Waals surface area contributed by atoms with Crippen LogP contribution in [-0.4, -0.2) is 42.5 Å². The van der Waals surface area contributed by atoms with Crippen LogP contribution in [0.5, 0.6) is 5.75 Å². The zero-order chi connectivity index (χ0) is 16.9.